The highest BCUT2D eigenvalue weighted by Crippen LogP contribution is 2.26. The number of hydrogen-bond donors (Lipinski definition) is 1. The van der Waals surface area contributed by atoms with Gasteiger partial charge in [0.2, 0.25) is 0 Å². The van der Waals surface area contributed by atoms with Crippen molar-refractivity contribution in [3.8, 4) is 0 Å². The van der Waals surface area contributed by atoms with E-state index in [0.717, 1.165) is 24.4 Å². The first-order chi connectivity index (χ1) is 9.72. The van der Waals surface area contributed by atoms with E-state index >= 15 is 0 Å². The fourth-order valence-corrected chi connectivity index (χ4v) is 3.18. The Hall–Kier alpha value is -1.33. The minimum absolute atomic E-state index is 0.277. The first kappa shape index (κ1) is 15.1. The van der Waals surface area contributed by atoms with E-state index in [4.69, 9.17) is 0 Å². The zero-order valence-electron chi connectivity index (χ0n) is 12.3. The summed E-state index contributed by atoms with van der Waals surface area (Å²) in [5.41, 5.74) is 2.47. The molecule has 0 bridgehead atoms. The fraction of sp³-hybridized carbons (Fsp3) is 0.467. The van der Waals surface area contributed by atoms with Gasteiger partial charge in [0.25, 0.3) is 0 Å². The van der Waals surface area contributed by atoms with Gasteiger partial charge >= 0.3 is 0 Å². The number of benzene rings is 1. The van der Waals surface area contributed by atoms with Crippen LogP contribution in [0.5, 0.6) is 0 Å². The van der Waals surface area contributed by atoms with Gasteiger partial charge in [0.1, 0.15) is 0 Å². The number of nitrogens with one attached hydrogen (secondary N) is 1. The summed E-state index contributed by atoms with van der Waals surface area (Å²) in [6.07, 6.45) is 2.97. The number of nitrogens with zero attached hydrogens (tertiary/aromatic N) is 3. The van der Waals surface area contributed by atoms with E-state index in [1.807, 2.05) is 29.7 Å². The molecular formula is C15H22N4S. The molecule has 1 unspecified atom stereocenters. The van der Waals surface area contributed by atoms with Gasteiger partial charge in [-0.15, -0.1) is 16.9 Å². The molecule has 4 nitrogen and oxygen atoms in total. The lowest BCUT2D eigenvalue weighted by Crippen LogP contribution is -2.26. The van der Waals surface area contributed by atoms with Crippen LogP contribution in [0.25, 0.3) is 0 Å². The van der Waals surface area contributed by atoms with Crippen LogP contribution < -0.4 is 5.32 Å². The molecule has 0 saturated heterocycles. The van der Waals surface area contributed by atoms with Gasteiger partial charge in [0.05, 0.1) is 17.9 Å². The van der Waals surface area contributed by atoms with Crippen LogP contribution in [0, 0.1) is 6.92 Å². The first-order valence-corrected chi connectivity index (χ1v) is 7.97. The number of aryl methyl sites for hydroxylation is 2. The zero-order chi connectivity index (χ0) is 14.4. The second-order valence-corrected chi connectivity index (χ2v) is 5.93. The van der Waals surface area contributed by atoms with Crippen molar-refractivity contribution in [1.82, 2.24) is 20.3 Å². The summed E-state index contributed by atoms with van der Waals surface area (Å²) in [4.78, 5) is 1.34. The predicted molar refractivity (Wildman–Crippen MR) is 83.9 cm³/mol. The van der Waals surface area contributed by atoms with Gasteiger partial charge in [-0.1, -0.05) is 30.3 Å². The molecule has 108 valence electrons. The van der Waals surface area contributed by atoms with Gasteiger partial charge in [0.15, 0.2) is 0 Å². The normalized spacial score (nSPS) is 12.6. The lowest BCUT2D eigenvalue weighted by molar-refractivity contribution is 0.532. The summed E-state index contributed by atoms with van der Waals surface area (Å²) in [7, 11) is 1.95. The molecule has 1 N–H and O–H groups in total. The van der Waals surface area contributed by atoms with Crippen molar-refractivity contribution in [2.75, 3.05) is 12.3 Å². The zero-order valence-corrected chi connectivity index (χ0v) is 13.2. The number of hydrogen-bond acceptors (Lipinski definition) is 4. The third-order valence-electron chi connectivity index (χ3n) is 3.25. The van der Waals surface area contributed by atoms with E-state index < -0.39 is 0 Å². The SMILES string of the molecule is CCCNC(CSc1ccccc1C)c1cnnn1C. The van der Waals surface area contributed by atoms with Gasteiger partial charge in [-0.25, -0.2) is 0 Å². The average Bonchev–Trinajstić information content (AvgIpc) is 2.87. The molecule has 0 aliphatic heterocycles. The summed E-state index contributed by atoms with van der Waals surface area (Å²) in [5.74, 6) is 0.978. The number of rotatable bonds is 7. The average molecular weight is 290 g/mol. The molecule has 5 heteroatoms. The monoisotopic (exact) mass is 290 g/mol. The van der Waals surface area contributed by atoms with Crippen LogP contribution in [0.15, 0.2) is 35.4 Å². The highest BCUT2D eigenvalue weighted by atomic mass is 32.2. The van der Waals surface area contributed by atoms with Crippen molar-refractivity contribution in [3.05, 3.63) is 41.7 Å². The summed E-state index contributed by atoms with van der Waals surface area (Å²) >= 11 is 1.88. The standard InChI is InChI=1S/C15H22N4S/c1-4-9-16-13(14-10-17-18-19(14)3)11-20-15-8-6-5-7-12(15)2/h5-8,10,13,16H,4,9,11H2,1-3H3. The van der Waals surface area contributed by atoms with Crippen molar-refractivity contribution in [2.45, 2.75) is 31.2 Å². The van der Waals surface area contributed by atoms with Crippen molar-refractivity contribution in [3.63, 3.8) is 0 Å². The molecular weight excluding hydrogens is 268 g/mol. The molecule has 1 atom stereocenters. The first-order valence-electron chi connectivity index (χ1n) is 6.98. The van der Waals surface area contributed by atoms with E-state index in [0.29, 0.717) is 0 Å². The molecule has 0 radical (unpaired) electrons. The third-order valence-corrected chi connectivity index (χ3v) is 4.52. The minimum Gasteiger partial charge on any atom is -0.308 e. The second kappa shape index (κ2) is 7.45. The molecule has 2 aromatic rings. The van der Waals surface area contributed by atoms with E-state index in [1.165, 1.54) is 10.5 Å². The van der Waals surface area contributed by atoms with E-state index in [-0.39, 0.29) is 6.04 Å². The van der Waals surface area contributed by atoms with Gasteiger partial charge in [-0.2, -0.15) is 0 Å². The topological polar surface area (TPSA) is 42.7 Å². The van der Waals surface area contributed by atoms with Crippen LogP contribution in [-0.2, 0) is 7.05 Å². The molecule has 1 aromatic heterocycles. The van der Waals surface area contributed by atoms with Gasteiger partial charge in [0, 0.05) is 17.7 Å². The van der Waals surface area contributed by atoms with Crippen molar-refractivity contribution in [1.29, 1.82) is 0 Å². The highest BCUT2D eigenvalue weighted by molar-refractivity contribution is 7.99. The maximum absolute atomic E-state index is 4.04. The summed E-state index contributed by atoms with van der Waals surface area (Å²) in [6, 6.07) is 8.78. The Morgan fingerprint density at radius 2 is 2.15 bits per heavy atom. The predicted octanol–water partition coefficient (Wildman–Crippen LogP) is 2.96. The number of thioether (sulfide) groups is 1. The fourth-order valence-electron chi connectivity index (χ4n) is 2.07. The molecule has 0 aliphatic carbocycles. The van der Waals surface area contributed by atoms with Gasteiger partial charge in [-0.3, -0.25) is 4.68 Å². The van der Waals surface area contributed by atoms with Crippen LogP contribution in [0.2, 0.25) is 0 Å². The second-order valence-electron chi connectivity index (χ2n) is 4.87. The van der Waals surface area contributed by atoms with Gasteiger partial charge in [-0.05, 0) is 31.5 Å². The minimum atomic E-state index is 0.277. The summed E-state index contributed by atoms with van der Waals surface area (Å²) in [5, 5.41) is 11.6. The molecule has 1 heterocycles. The van der Waals surface area contributed by atoms with Crippen molar-refractivity contribution < 1.29 is 0 Å². The summed E-state index contributed by atoms with van der Waals surface area (Å²) in [6.45, 7) is 5.34. The summed E-state index contributed by atoms with van der Waals surface area (Å²) < 4.78 is 1.85. The molecule has 20 heavy (non-hydrogen) atoms. The smallest absolute Gasteiger partial charge is 0.0761 e. The van der Waals surface area contributed by atoms with E-state index in [9.17, 15) is 0 Å². The Morgan fingerprint density at radius 1 is 1.35 bits per heavy atom. The molecule has 0 aliphatic rings. The maximum atomic E-state index is 4.04. The Morgan fingerprint density at radius 3 is 2.80 bits per heavy atom. The van der Waals surface area contributed by atoms with Crippen LogP contribution >= 0.6 is 11.8 Å². The molecule has 2 rings (SSSR count). The molecule has 0 saturated carbocycles. The Balaban J connectivity index is 2.05. The molecule has 0 fully saturated rings. The van der Waals surface area contributed by atoms with Crippen molar-refractivity contribution >= 4 is 11.8 Å². The molecule has 1 aromatic carbocycles. The Kier molecular flexibility index (Phi) is 5.61. The lowest BCUT2D eigenvalue weighted by Gasteiger charge is -2.18. The largest absolute Gasteiger partial charge is 0.308 e. The van der Waals surface area contributed by atoms with Gasteiger partial charge < -0.3 is 5.32 Å². The van der Waals surface area contributed by atoms with Crippen molar-refractivity contribution in [2.24, 2.45) is 7.05 Å². The third kappa shape index (κ3) is 3.84. The highest BCUT2D eigenvalue weighted by Gasteiger charge is 2.15. The van der Waals surface area contributed by atoms with Crippen LogP contribution in [0.1, 0.15) is 30.6 Å². The van der Waals surface area contributed by atoms with E-state index in [2.05, 4.69) is 53.7 Å². The quantitative estimate of drug-likeness (QED) is 0.796. The Bertz CT molecular complexity index is 538. The Labute approximate surface area is 125 Å². The molecule has 0 amide bonds. The molecule has 0 spiro atoms. The van der Waals surface area contributed by atoms with Crippen LogP contribution in [-0.4, -0.2) is 27.3 Å². The van der Waals surface area contributed by atoms with E-state index in [1.54, 1.807) is 0 Å². The maximum Gasteiger partial charge on any atom is 0.0761 e. The number of aromatic nitrogens is 3. The lowest BCUT2D eigenvalue weighted by atomic mass is 10.2. The van der Waals surface area contributed by atoms with Crippen LogP contribution in [0.4, 0.5) is 0 Å². The van der Waals surface area contributed by atoms with Crippen LogP contribution in [0.3, 0.4) is 0 Å².